The number of piperidine rings is 1. The summed E-state index contributed by atoms with van der Waals surface area (Å²) in [5.74, 6) is 0.104. The van der Waals surface area contributed by atoms with E-state index >= 15 is 0 Å². The van der Waals surface area contributed by atoms with Crippen LogP contribution in [0.2, 0.25) is 0 Å². The summed E-state index contributed by atoms with van der Waals surface area (Å²) in [6, 6.07) is 9.80. The number of aromatic nitrogens is 2. The molecule has 2 fully saturated rings. The van der Waals surface area contributed by atoms with Crippen molar-refractivity contribution in [3.05, 3.63) is 46.8 Å². The first-order chi connectivity index (χ1) is 13.1. The SMILES string of the molecule is Cc1ccccc1-n1nc(C(=O)N(C)C2CC3CCC(C2)N3)c2c1CCC2.Cl. The Labute approximate surface area is 172 Å². The van der Waals surface area contributed by atoms with Gasteiger partial charge in [-0.15, -0.1) is 12.4 Å². The highest BCUT2D eigenvalue weighted by Crippen LogP contribution is 2.32. The molecule has 3 heterocycles. The number of benzene rings is 1. The highest BCUT2D eigenvalue weighted by Gasteiger charge is 2.38. The van der Waals surface area contributed by atoms with Crippen LogP contribution in [-0.4, -0.2) is 45.8 Å². The molecule has 0 radical (unpaired) electrons. The Morgan fingerprint density at radius 3 is 2.61 bits per heavy atom. The van der Waals surface area contributed by atoms with E-state index in [1.54, 1.807) is 0 Å². The molecule has 1 amide bonds. The van der Waals surface area contributed by atoms with Crippen LogP contribution in [0.1, 0.15) is 59.4 Å². The lowest BCUT2D eigenvalue weighted by Crippen LogP contribution is -2.48. The Bertz CT molecular complexity index is 881. The van der Waals surface area contributed by atoms with Crippen LogP contribution in [-0.2, 0) is 12.8 Å². The van der Waals surface area contributed by atoms with E-state index in [2.05, 4.69) is 24.4 Å². The van der Waals surface area contributed by atoms with Gasteiger partial charge in [-0.25, -0.2) is 4.68 Å². The minimum atomic E-state index is 0. The molecule has 3 aliphatic rings. The molecule has 5 nitrogen and oxygen atoms in total. The first kappa shape index (κ1) is 19.5. The van der Waals surface area contributed by atoms with Crippen LogP contribution in [0.4, 0.5) is 0 Å². The lowest BCUT2D eigenvalue weighted by Gasteiger charge is -2.35. The average Bonchev–Trinajstić information content (AvgIpc) is 3.36. The molecular formula is C22H29ClN4O. The van der Waals surface area contributed by atoms with Gasteiger partial charge in [0.2, 0.25) is 0 Å². The summed E-state index contributed by atoms with van der Waals surface area (Å²) in [5, 5.41) is 8.51. The first-order valence-electron chi connectivity index (χ1n) is 10.3. The molecule has 1 aliphatic carbocycles. The van der Waals surface area contributed by atoms with Gasteiger partial charge in [0, 0.05) is 36.4 Å². The highest BCUT2D eigenvalue weighted by molar-refractivity contribution is 5.94. The zero-order chi connectivity index (χ0) is 18.5. The monoisotopic (exact) mass is 400 g/mol. The van der Waals surface area contributed by atoms with Gasteiger partial charge >= 0.3 is 0 Å². The summed E-state index contributed by atoms with van der Waals surface area (Å²) < 4.78 is 2.03. The molecule has 5 rings (SSSR count). The molecule has 2 bridgehead atoms. The summed E-state index contributed by atoms with van der Waals surface area (Å²) in [5.41, 5.74) is 5.37. The number of hydrogen-bond donors (Lipinski definition) is 1. The topological polar surface area (TPSA) is 50.2 Å². The standard InChI is InChI=1S/C22H28N4O.ClH/c1-14-6-3-4-8-19(14)26-20-9-5-7-18(20)21(24-26)22(27)25(2)17-12-15-10-11-16(13-17)23-15;/h3-4,6,8,15-17,23H,5,7,9-13H2,1-2H3;1H. The van der Waals surface area contributed by atoms with Crippen molar-refractivity contribution in [2.24, 2.45) is 0 Å². The van der Waals surface area contributed by atoms with E-state index in [4.69, 9.17) is 5.10 Å². The molecule has 2 aromatic rings. The summed E-state index contributed by atoms with van der Waals surface area (Å²) in [4.78, 5) is 15.4. The Balaban J connectivity index is 0.00000192. The quantitative estimate of drug-likeness (QED) is 0.858. The van der Waals surface area contributed by atoms with Gasteiger partial charge in [-0.1, -0.05) is 18.2 Å². The van der Waals surface area contributed by atoms with Gasteiger partial charge in [0.05, 0.1) is 5.69 Å². The van der Waals surface area contributed by atoms with Gasteiger partial charge in [0.25, 0.3) is 5.91 Å². The Morgan fingerprint density at radius 1 is 1.18 bits per heavy atom. The molecule has 1 N–H and O–H groups in total. The van der Waals surface area contributed by atoms with Crippen LogP contribution in [0.5, 0.6) is 0 Å². The molecule has 0 saturated carbocycles. The Kier molecular flexibility index (Phi) is 5.23. The van der Waals surface area contributed by atoms with Crippen LogP contribution in [0.25, 0.3) is 5.69 Å². The van der Waals surface area contributed by atoms with Crippen molar-refractivity contribution >= 4 is 18.3 Å². The molecule has 2 aliphatic heterocycles. The summed E-state index contributed by atoms with van der Waals surface area (Å²) in [6.07, 6.45) is 7.72. The van der Waals surface area contributed by atoms with Gasteiger partial charge in [-0.05, 0) is 63.5 Å². The fourth-order valence-electron chi connectivity index (χ4n) is 5.29. The van der Waals surface area contributed by atoms with Gasteiger partial charge in [-0.3, -0.25) is 4.79 Å². The molecular weight excluding hydrogens is 372 g/mol. The average molecular weight is 401 g/mol. The van der Waals surface area contributed by atoms with Crippen LogP contribution >= 0.6 is 12.4 Å². The maximum Gasteiger partial charge on any atom is 0.274 e. The first-order valence-corrected chi connectivity index (χ1v) is 10.3. The van der Waals surface area contributed by atoms with Crippen molar-refractivity contribution in [2.45, 2.75) is 70.0 Å². The van der Waals surface area contributed by atoms with Crippen molar-refractivity contribution < 1.29 is 4.79 Å². The van der Waals surface area contributed by atoms with Crippen molar-refractivity contribution in [2.75, 3.05) is 7.05 Å². The summed E-state index contributed by atoms with van der Waals surface area (Å²) in [6.45, 7) is 2.11. The van der Waals surface area contributed by atoms with E-state index in [9.17, 15) is 4.79 Å². The maximum absolute atomic E-state index is 13.4. The number of nitrogens with zero attached hydrogens (tertiary/aromatic N) is 3. The fraction of sp³-hybridized carbons (Fsp3) is 0.545. The molecule has 6 heteroatoms. The van der Waals surface area contributed by atoms with Gasteiger partial charge in [-0.2, -0.15) is 5.10 Å². The van der Waals surface area contributed by atoms with Crippen molar-refractivity contribution in [3.8, 4) is 5.69 Å². The number of hydrogen-bond acceptors (Lipinski definition) is 3. The van der Waals surface area contributed by atoms with E-state index in [0.29, 0.717) is 23.8 Å². The molecule has 2 saturated heterocycles. The number of para-hydroxylation sites is 1. The van der Waals surface area contributed by atoms with E-state index in [-0.39, 0.29) is 18.3 Å². The second-order valence-electron chi connectivity index (χ2n) is 8.50. The third kappa shape index (κ3) is 3.15. The molecule has 0 spiro atoms. The third-order valence-corrected chi connectivity index (χ3v) is 6.79. The number of halogens is 1. The largest absolute Gasteiger partial charge is 0.337 e. The van der Waals surface area contributed by atoms with E-state index in [0.717, 1.165) is 37.8 Å². The molecule has 1 aromatic heterocycles. The second kappa shape index (κ2) is 7.53. The number of amides is 1. The lowest BCUT2D eigenvalue weighted by atomic mass is 9.98. The minimum absolute atomic E-state index is 0. The minimum Gasteiger partial charge on any atom is -0.337 e. The number of aryl methyl sites for hydroxylation is 1. The third-order valence-electron chi connectivity index (χ3n) is 6.79. The van der Waals surface area contributed by atoms with Crippen LogP contribution in [0.3, 0.4) is 0 Å². The van der Waals surface area contributed by atoms with Gasteiger partial charge in [0.15, 0.2) is 5.69 Å². The number of carbonyl (C=O) groups is 1. The molecule has 2 unspecified atom stereocenters. The van der Waals surface area contributed by atoms with E-state index in [1.807, 2.05) is 28.8 Å². The summed E-state index contributed by atoms with van der Waals surface area (Å²) in [7, 11) is 1.98. The number of carbonyl (C=O) groups excluding carboxylic acids is 1. The second-order valence-corrected chi connectivity index (χ2v) is 8.50. The smallest absolute Gasteiger partial charge is 0.274 e. The predicted molar refractivity (Wildman–Crippen MR) is 113 cm³/mol. The van der Waals surface area contributed by atoms with E-state index < -0.39 is 0 Å². The van der Waals surface area contributed by atoms with Crippen LogP contribution < -0.4 is 5.32 Å². The van der Waals surface area contributed by atoms with Crippen molar-refractivity contribution in [1.29, 1.82) is 0 Å². The lowest BCUT2D eigenvalue weighted by molar-refractivity contribution is 0.0674. The van der Waals surface area contributed by atoms with Gasteiger partial charge in [0.1, 0.15) is 0 Å². The number of fused-ring (bicyclic) bond motifs is 3. The maximum atomic E-state index is 13.4. The molecule has 2 atom stereocenters. The number of rotatable bonds is 3. The fourth-order valence-corrected chi connectivity index (χ4v) is 5.29. The zero-order valence-electron chi connectivity index (χ0n) is 16.6. The predicted octanol–water partition coefficient (Wildman–Crippen LogP) is 3.45. The molecule has 1 aromatic carbocycles. The van der Waals surface area contributed by atoms with Crippen LogP contribution in [0, 0.1) is 6.92 Å². The highest BCUT2D eigenvalue weighted by atomic mass is 35.5. The summed E-state index contributed by atoms with van der Waals surface area (Å²) >= 11 is 0. The zero-order valence-corrected chi connectivity index (χ0v) is 17.5. The normalized spacial score (nSPS) is 25.3. The molecule has 150 valence electrons. The van der Waals surface area contributed by atoms with E-state index in [1.165, 1.54) is 29.7 Å². The molecule has 28 heavy (non-hydrogen) atoms. The number of nitrogens with one attached hydrogen (secondary N) is 1. The van der Waals surface area contributed by atoms with Gasteiger partial charge < -0.3 is 10.2 Å². The van der Waals surface area contributed by atoms with Crippen molar-refractivity contribution in [3.63, 3.8) is 0 Å². The Morgan fingerprint density at radius 2 is 1.89 bits per heavy atom. The van der Waals surface area contributed by atoms with Crippen LogP contribution in [0.15, 0.2) is 24.3 Å². The Hall–Kier alpha value is -1.85. The van der Waals surface area contributed by atoms with Crippen molar-refractivity contribution in [1.82, 2.24) is 20.0 Å².